The van der Waals surface area contributed by atoms with E-state index in [-0.39, 0.29) is 0 Å². The van der Waals surface area contributed by atoms with E-state index in [1.165, 1.54) is 0 Å². The Kier molecular flexibility index (Phi) is 3.94. The van der Waals surface area contributed by atoms with E-state index in [4.69, 9.17) is 10.00 Å². The largest absolute Gasteiger partial charge is 0.495 e. The summed E-state index contributed by atoms with van der Waals surface area (Å²) in [7, 11) is 1.55. The van der Waals surface area contributed by atoms with Gasteiger partial charge in [-0.05, 0) is 34.7 Å². The quantitative estimate of drug-likeness (QED) is 0.861. The van der Waals surface area contributed by atoms with Crippen molar-refractivity contribution in [3.05, 3.63) is 39.7 Å². The van der Waals surface area contributed by atoms with Gasteiger partial charge >= 0.3 is 0 Å². The van der Waals surface area contributed by atoms with Gasteiger partial charge in [0.1, 0.15) is 17.5 Å². The van der Waals surface area contributed by atoms with E-state index in [0.29, 0.717) is 22.9 Å². The summed E-state index contributed by atoms with van der Waals surface area (Å²) in [5.74, 6) is 1.01. The van der Waals surface area contributed by atoms with E-state index in [1.807, 2.05) is 0 Å². The van der Waals surface area contributed by atoms with Crippen LogP contribution in [0, 0.1) is 14.9 Å². The summed E-state index contributed by atoms with van der Waals surface area (Å²) in [6.45, 7) is 0. The highest BCUT2D eigenvalue weighted by Gasteiger charge is 2.10. The van der Waals surface area contributed by atoms with Crippen molar-refractivity contribution in [1.82, 2.24) is 9.97 Å². The Labute approximate surface area is 118 Å². The molecule has 5 nitrogen and oxygen atoms in total. The zero-order valence-electron chi connectivity index (χ0n) is 9.51. The maximum absolute atomic E-state index is 9.07. The molecule has 6 heteroatoms. The number of nitriles is 1. The molecular weight excluding hydrogens is 343 g/mol. The Morgan fingerprint density at radius 2 is 2.06 bits per heavy atom. The second-order valence-electron chi connectivity index (χ2n) is 3.34. The number of para-hydroxylation sites is 1. The summed E-state index contributed by atoms with van der Waals surface area (Å²) < 4.78 is 6.16. The number of halogens is 1. The van der Waals surface area contributed by atoms with Gasteiger partial charge in [-0.3, -0.25) is 0 Å². The molecule has 0 aliphatic heterocycles. The number of nitrogens with zero attached hydrogens (tertiary/aromatic N) is 3. The van der Waals surface area contributed by atoms with Gasteiger partial charge in [0.25, 0.3) is 0 Å². The van der Waals surface area contributed by atoms with Crippen LogP contribution < -0.4 is 10.1 Å². The van der Waals surface area contributed by atoms with E-state index in [9.17, 15) is 0 Å². The van der Waals surface area contributed by atoms with Gasteiger partial charge in [0.05, 0.1) is 12.7 Å². The Balaban J connectivity index is 2.39. The summed E-state index contributed by atoms with van der Waals surface area (Å²) >= 11 is 2.13. The van der Waals surface area contributed by atoms with E-state index >= 15 is 0 Å². The standard InChI is InChI=1S/C12H9IN4O/c1-18-10-4-2-3-8(5-14)11(10)17-12-15-6-9(13)7-16-12/h2-4,6-7H,1H3,(H,15,16,17). The van der Waals surface area contributed by atoms with Crippen LogP contribution in [0.2, 0.25) is 0 Å². The van der Waals surface area contributed by atoms with Crippen molar-refractivity contribution >= 4 is 34.2 Å². The van der Waals surface area contributed by atoms with Crippen LogP contribution in [-0.4, -0.2) is 17.1 Å². The zero-order valence-corrected chi connectivity index (χ0v) is 11.7. The second kappa shape index (κ2) is 5.64. The minimum absolute atomic E-state index is 0.427. The summed E-state index contributed by atoms with van der Waals surface area (Å²) in [6.07, 6.45) is 3.38. The molecule has 1 aromatic carbocycles. The maximum atomic E-state index is 9.07. The van der Waals surface area contributed by atoms with E-state index in [1.54, 1.807) is 37.7 Å². The number of hydrogen-bond acceptors (Lipinski definition) is 5. The molecule has 0 spiro atoms. The molecule has 1 aromatic heterocycles. The number of aromatic nitrogens is 2. The van der Waals surface area contributed by atoms with E-state index in [2.05, 4.69) is 43.9 Å². The molecule has 0 saturated carbocycles. The van der Waals surface area contributed by atoms with Gasteiger partial charge in [-0.1, -0.05) is 6.07 Å². The molecule has 1 N–H and O–H groups in total. The first kappa shape index (κ1) is 12.6. The fourth-order valence-electron chi connectivity index (χ4n) is 1.41. The van der Waals surface area contributed by atoms with Crippen molar-refractivity contribution in [3.8, 4) is 11.8 Å². The van der Waals surface area contributed by atoms with Gasteiger partial charge in [0, 0.05) is 16.0 Å². The smallest absolute Gasteiger partial charge is 0.227 e. The first-order valence-corrected chi connectivity index (χ1v) is 6.14. The molecule has 0 radical (unpaired) electrons. The first-order chi connectivity index (χ1) is 8.74. The van der Waals surface area contributed by atoms with Crippen molar-refractivity contribution in [2.45, 2.75) is 0 Å². The number of methoxy groups -OCH3 is 1. The average molecular weight is 352 g/mol. The monoisotopic (exact) mass is 352 g/mol. The lowest BCUT2D eigenvalue weighted by Gasteiger charge is -2.11. The molecule has 0 saturated heterocycles. The molecule has 18 heavy (non-hydrogen) atoms. The van der Waals surface area contributed by atoms with Crippen LogP contribution in [0.25, 0.3) is 0 Å². The number of ether oxygens (including phenoxy) is 1. The van der Waals surface area contributed by atoms with Gasteiger partial charge in [0.2, 0.25) is 5.95 Å². The van der Waals surface area contributed by atoms with Crippen LogP contribution in [0.15, 0.2) is 30.6 Å². The van der Waals surface area contributed by atoms with Crippen LogP contribution in [0.5, 0.6) is 5.75 Å². The summed E-state index contributed by atoms with van der Waals surface area (Å²) in [6, 6.07) is 7.34. The summed E-state index contributed by atoms with van der Waals surface area (Å²) in [4.78, 5) is 8.26. The van der Waals surface area contributed by atoms with Gasteiger partial charge in [-0.25, -0.2) is 9.97 Å². The summed E-state index contributed by atoms with van der Waals surface area (Å²) in [5, 5.41) is 12.1. The Bertz CT molecular complexity index is 592. The minimum atomic E-state index is 0.427. The molecule has 0 atom stereocenters. The fourth-order valence-corrected chi connectivity index (χ4v) is 1.69. The highest BCUT2D eigenvalue weighted by Crippen LogP contribution is 2.29. The van der Waals surface area contributed by atoms with Gasteiger partial charge in [-0.15, -0.1) is 0 Å². The van der Waals surface area contributed by atoms with Crippen molar-refractivity contribution in [3.63, 3.8) is 0 Å². The number of benzene rings is 1. The lowest BCUT2D eigenvalue weighted by atomic mass is 10.2. The molecule has 0 aliphatic rings. The molecule has 0 fully saturated rings. The number of anilines is 2. The predicted octanol–water partition coefficient (Wildman–Crippen LogP) is 2.71. The van der Waals surface area contributed by atoms with Crippen LogP contribution in [0.4, 0.5) is 11.6 Å². The van der Waals surface area contributed by atoms with Crippen LogP contribution in [0.3, 0.4) is 0 Å². The lowest BCUT2D eigenvalue weighted by Crippen LogP contribution is -2.01. The average Bonchev–Trinajstić information content (AvgIpc) is 2.41. The SMILES string of the molecule is COc1cccc(C#N)c1Nc1ncc(I)cn1. The molecule has 1 heterocycles. The van der Waals surface area contributed by atoms with Gasteiger partial charge < -0.3 is 10.1 Å². The highest BCUT2D eigenvalue weighted by molar-refractivity contribution is 14.1. The van der Waals surface area contributed by atoms with Gasteiger partial charge in [-0.2, -0.15) is 5.26 Å². The van der Waals surface area contributed by atoms with E-state index < -0.39 is 0 Å². The van der Waals surface area contributed by atoms with Crippen molar-refractivity contribution in [2.24, 2.45) is 0 Å². The van der Waals surface area contributed by atoms with Crippen LogP contribution in [-0.2, 0) is 0 Å². The first-order valence-electron chi connectivity index (χ1n) is 5.06. The van der Waals surface area contributed by atoms with Gasteiger partial charge in [0.15, 0.2) is 0 Å². The van der Waals surface area contributed by atoms with Crippen molar-refractivity contribution in [1.29, 1.82) is 5.26 Å². The topological polar surface area (TPSA) is 70.8 Å². The van der Waals surface area contributed by atoms with Crippen LogP contribution >= 0.6 is 22.6 Å². The van der Waals surface area contributed by atoms with E-state index in [0.717, 1.165) is 3.57 Å². The molecule has 0 amide bonds. The molecule has 2 aromatic rings. The number of rotatable bonds is 3. The Morgan fingerprint density at radius 3 is 2.67 bits per heavy atom. The molecular formula is C12H9IN4O. The third kappa shape index (κ3) is 2.68. The van der Waals surface area contributed by atoms with Crippen LogP contribution in [0.1, 0.15) is 5.56 Å². The normalized spacial score (nSPS) is 9.61. The minimum Gasteiger partial charge on any atom is -0.495 e. The third-order valence-electron chi connectivity index (χ3n) is 2.22. The zero-order chi connectivity index (χ0) is 13.0. The molecule has 0 aliphatic carbocycles. The predicted molar refractivity (Wildman–Crippen MR) is 75.7 cm³/mol. The number of hydrogen-bond donors (Lipinski definition) is 1. The Morgan fingerprint density at radius 1 is 1.33 bits per heavy atom. The van der Waals surface area contributed by atoms with Crippen molar-refractivity contribution < 1.29 is 4.74 Å². The highest BCUT2D eigenvalue weighted by atomic mass is 127. The molecule has 2 rings (SSSR count). The maximum Gasteiger partial charge on any atom is 0.227 e. The second-order valence-corrected chi connectivity index (χ2v) is 4.59. The fraction of sp³-hybridized carbons (Fsp3) is 0.0833. The van der Waals surface area contributed by atoms with Crippen molar-refractivity contribution in [2.75, 3.05) is 12.4 Å². The lowest BCUT2D eigenvalue weighted by molar-refractivity contribution is 0.416. The molecule has 0 unspecified atom stereocenters. The summed E-state index contributed by atoms with van der Waals surface area (Å²) in [5.41, 5.74) is 1.06. The third-order valence-corrected chi connectivity index (χ3v) is 2.78. The Hall–Kier alpha value is -1.88. The number of nitrogens with one attached hydrogen (secondary N) is 1. The molecule has 0 bridgehead atoms. The molecule has 90 valence electrons.